The maximum atomic E-state index is 6.18. The number of hydrogen-bond donors (Lipinski definition) is 1. The van der Waals surface area contributed by atoms with E-state index in [1.54, 1.807) is 12.3 Å². The lowest BCUT2D eigenvalue weighted by Crippen LogP contribution is -2.45. The Morgan fingerprint density at radius 3 is 2.55 bits per heavy atom. The fraction of sp³-hybridized carbons (Fsp3) is 0.273. The Bertz CT molecular complexity index is 1190. The van der Waals surface area contributed by atoms with Crippen LogP contribution in [0.3, 0.4) is 0 Å². The first-order valence-electron chi connectivity index (χ1n) is 10.4. The lowest BCUT2D eigenvalue weighted by molar-refractivity contribution is 0.311. The van der Waals surface area contributed by atoms with Crippen molar-refractivity contribution in [3.63, 3.8) is 0 Å². The molecule has 1 aromatic carbocycles. The van der Waals surface area contributed by atoms with E-state index in [1.807, 2.05) is 30.3 Å². The Hall–Kier alpha value is -2.59. The van der Waals surface area contributed by atoms with Crippen molar-refractivity contribution in [3.05, 3.63) is 58.5 Å². The van der Waals surface area contributed by atoms with Gasteiger partial charge in [0.05, 0.1) is 12.8 Å². The number of nitrogens with one attached hydrogen (secondary N) is 1. The molecule has 1 N–H and O–H groups in total. The lowest BCUT2D eigenvalue weighted by Gasteiger charge is -2.32. The van der Waals surface area contributed by atoms with Gasteiger partial charge in [-0.05, 0) is 55.2 Å². The molecule has 0 atom stereocenters. The van der Waals surface area contributed by atoms with Gasteiger partial charge in [0.25, 0.3) is 0 Å². The zero-order valence-corrected chi connectivity index (χ0v) is 20.2. The summed E-state index contributed by atoms with van der Waals surface area (Å²) in [7, 11) is 2.11. The Labute approximate surface area is 205 Å². The maximum absolute atomic E-state index is 6.18. The fourth-order valence-electron chi connectivity index (χ4n) is 3.52. The van der Waals surface area contributed by atoms with E-state index in [-0.39, 0.29) is 0 Å². The van der Waals surface area contributed by atoms with Gasteiger partial charge in [-0.25, -0.2) is 0 Å². The van der Waals surface area contributed by atoms with Gasteiger partial charge < -0.3 is 19.5 Å². The molecule has 11 heteroatoms. The van der Waals surface area contributed by atoms with Crippen molar-refractivity contribution >= 4 is 58.3 Å². The summed E-state index contributed by atoms with van der Waals surface area (Å²) in [5, 5.41) is 4.91. The van der Waals surface area contributed by atoms with Crippen LogP contribution in [0.25, 0.3) is 5.57 Å². The van der Waals surface area contributed by atoms with Gasteiger partial charge >= 0.3 is 0 Å². The van der Waals surface area contributed by atoms with Crippen LogP contribution >= 0.6 is 35.0 Å². The van der Waals surface area contributed by atoms with E-state index in [0.717, 1.165) is 42.4 Å². The molecule has 1 fully saturated rings. The van der Waals surface area contributed by atoms with E-state index in [2.05, 4.69) is 37.1 Å². The first kappa shape index (κ1) is 22.2. The number of likely N-dealkylation sites (N-methyl/N-ethyl adjacent to an activating group) is 1. The summed E-state index contributed by atoms with van der Waals surface area (Å²) in [6.45, 7) is 4.12. The number of amidine groups is 1. The van der Waals surface area contributed by atoms with Gasteiger partial charge in [0, 0.05) is 46.7 Å². The monoisotopic (exact) mass is 501 g/mol. The van der Waals surface area contributed by atoms with Crippen LogP contribution < -0.4 is 10.2 Å². The topological polar surface area (TPSA) is 82.7 Å². The van der Waals surface area contributed by atoms with Crippen molar-refractivity contribution in [2.75, 3.05) is 50.0 Å². The number of rotatable bonds is 5. The molecule has 0 amide bonds. The molecule has 5 rings (SSSR count). The minimum absolute atomic E-state index is 0.435. The molecule has 0 radical (unpaired) electrons. The standard InChI is InChI=1S/C22H21Cl2N7OS/c1-30-4-6-31(7-5-30)21-27-20(26-19-9-14(13-25-19)18-3-2-8-32-18)28-22(29-21)33-17-11-15(23)10-16(24)12-17/h2-3,8-12H,4-7,13H2,1H3,(H,25,26,27,28,29). The van der Waals surface area contributed by atoms with Crippen LogP contribution in [-0.4, -0.2) is 65.5 Å². The van der Waals surface area contributed by atoms with Crippen LogP contribution in [0.5, 0.6) is 0 Å². The summed E-state index contributed by atoms with van der Waals surface area (Å²) in [5.41, 5.74) is 0.999. The van der Waals surface area contributed by atoms with Crippen molar-refractivity contribution in [2.45, 2.75) is 10.1 Å². The molecule has 170 valence electrons. The van der Waals surface area contributed by atoms with Crippen LogP contribution in [0.2, 0.25) is 10.0 Å². The van der Waals surface area contributed by atoms with Gasteiger partial charge in [0.1, 0.15) is 11.6 Å². The highest BCUT2D eigenvalue weighted by Crippen LogP contribution is 2.31. The molecule has 0 spiro atoms. The number of piperazine rings is 1. The summed E-state index contributed by atoms with van der Waals surface area (Å²) in [6, 6.07) is 9.16. The second-order valence-electron chi connectivity index (χ2n) is 7.71. The molecular formula is C22H21Cl2N7OS. The largest absolute Gasteiger partial charge is 0.465 e. The van der Waals surface area contributed by atoms with Crippen LogP contribution in [0.4, 0.5) is 11.9 Å². The number of nitrogens with zero attached hydrogens (tertiary/aromatic N) is 6. The molecule has 2 aromatic heterocycles. The molecule has 33 heavy (non-hydrogen) atoms. The van der Waals surface area contributed by atoms with Crippen LogP contribution in [-0.2, 0) is 0 Å². The van der Waals surface area contributed by atoms with Crippen LogP contribution in [0.1, 0.15) is 5.76 Å². The summed E-state index contributed by atoms with van der Waals surface area (Å²) in [5.74, 6) is 2.55. The van der Waals surface area contributed by atoms with Gasteiger partial charge in [0.15, 0.2) is 5.16 Å². The Morgan fingerprint density at radius 1 is 1.03 bits per heavy atom. The van der Waals surface area contributed by atoms with Gasteiger partial charge in [0.2, 0.25) is 11.9 Å². The normalized spacial score (nSPS) is 16.6. The first-order valence-corrected chi connectivity index (χ1v) is 12.0. The SMILES string of the molecule is CN1CCN(c2nc(NC3=NCC(c4ccco4)=C3)nc(Sc3cc(Cl)cc(Cl)c3)n2)CC1. The average molecular weight is 502 g/mol. The minimum atomic E-state index is 0.435. The highest BCUT2D eigenvalue weighted by atomic mass is 35.5. The van der Waals surface area contributed by atoms with E-state index in [9.17, 15) is 0 Å². The number of furan rings is 1. The van der Waals surface area contributed by atoms with E-state index in [4.69, 9.17) is 32.6 Å². The van der Waals surface area contributed by atoms with E-state index < -0.39 is 0 Å². The van der Waals surface area contributed by atoms with Crippen molar-refractivity contribution in [1.29, 1.82) is 0 Å². The summed E-state index contributed by atoms with van der Waals surface area (Å²) in [4.78, 5) is 23.9. The van der Waals surface area contributed by atoms with Crippen LogP contribution in [0.15, 0.2) is 62.1 Å². The quantitative estimate of drug-likeness (QED) is 0.543. The van der Waals surface area contributed by atoms with Crippen LogP contribution in [0, 0.1) is 0 Å². The smallest absolute Gasteiger partial charge is 0.234 e. The molecule has 0 unspecified atom stereocenters. The van der Waals surface area contributed by atoms with Crippen molar-refractivity contribution < 1.29 is 4.42 Å². The number of aromatic nitrogens is 3. The first-order chi connectivity index (χ1) is 16.0. The molecule has 8 nitrogen and oxygen atoms in total. The Balaban J connectivity index is 1.42. The zero-order chi connectivity index (χ0) is 22.8. The number of aliphatic imine (C=N–C) groups is 1. The zero-order valence-electron chi connectivity index (χ0n) is 17.8. The fourth-order valence-corrected chi connectivity index (χ4v) is 5.01. The molecule has 0 aliphatic carbocycles. The molecule has 0 saturated carbocycles. The van der Waals surface area contributed by atoms with Gasteiger partial charge in [-0.15, -0.1) is 0 Å². The molecule has 4 heterocycles. The molecule has 0 bridgehead atoms. The molecule has 2 aliphatic rings. The van der Waals surface area contributed by atoms with E-state index in [1.165, 1.54) is 11.8 Å². The van der Waals surface area contributed by atoms with Gasteiger partial charge in [-0.1, -0.05) is 23.2 Å². The second kappa shape index (κ2) is 9.72. The van der Waals surface area contributed by atoms with Crippen molar-refractivity contribution in [1.82, 2.24) is 19.9 Å². The third-order valence-corrected chi connectivity index (χ3v) is 6.52. The third kappa shape index (κ3) is 5.50. The lowest BCUT2D eigenvalue weighted by atomic mass is 10.2. The minimum Gasteiger partial charge on any atom is -0.465 e. The molecule has 2 aliphatic heterocycles. The predicted octanol–water partition coefficient (Wildman–Crippen LogP) is 4.58. The summed E-state index contributed by atoms with van der Waals surface area (Å²) >= 11 is 13.7. The summed E-state index contributed by atoms with van der Waals surface area (Å²) in [6.07, 6.45) is 3.60. The Kier molecular flexibility index (Phi) is 6.55. The number of hydrogen-bond acceptors (Lipinski definition) is 9. The van der Waals surface area contributed by atoms with Crippen molar-refractivity contribution in [2.24, 2.45) is 4.99 Å². The van der Waals surface area contributed by atoms with E-state index in [0.29, 0.717) is 39.5 Å². The summed E-state index contributed by atoms with van der Waals surface area (Å²) < 4.78 is 5.48. The number of benzene rings is 1. The number of anilines is 2. The number of halogens is 2. The van der Waals surface area contributed by atoms with Gasteiger partial charge in [-0.3, -0.25) is 4.99 Å². The highest BCUT2D eigenvalue weighted by molar-refractivity contribution is 7.99. The second-order valence-corrected chi connectivity index (χ2v) is 9.63. The average Bonchev–Trinajstić information content (AvgIpc) is 3.45. The molecular weight excluding hydrogens is 481 g/mol. The molecule has 1 saturated heterocycles. The highest BCUT2D eigenvalue weighted by Gasteiger charge is 2.20. The van der Waals surface area contributed by atoms with Gasteiger partial charge in [-0.2, -0.15) is 15.0 Å². The third-order valence-electron chi connectivity index (χ3n) is 5.24. The Morgan fingerprint density at radius 2 is 1.82 bits per heavy atom. The maximum Gasteiger partial charge on any atom is 0.234 e. The van der Waals surface area contributed by atoms with E-state index >= 15 is 0 Å². The van der Waals surface area contributed by atoms with Crippen molar-refractivity contribution in [3.8, 4) is 0 Å². The predicted molar refractivity (Wildman–Crippen MR) is 133 cm³/mol. The molecule has 3 aromatic rings.